The van der Waals surface area contributed by atoms with E-state index in [1.165, 1.54) is 21.8 Å². The van der Waals surface area contributed by atoms with Crippen LogP contribution >= 0.6 is 34.0 Å². The number of rotatable bonds is 0. The van der Waals surface area contributed by atoms with Gasteiger partial charge < -0.3 is 0 Å². The Hall–Kier alpha value is 0.529. The van der Waals surface area contributed by atoms with Crippen molar-refractivity contribution < 1.29 is 0 Å². The van der Waals surface area contributed by atoms with Crippen LogP contribution in [0, 0.1) is 16.5 Å². The van der Waals surface area contributed by atoms with E-state index in [-0.39, 0.29) is 0 Å². The quantitative estimate of drug-likeness (QED) is 0.641. The molecule has 2 aromatic rings. The molecule has 0 amide bonds. The van der Waals surface area contributed by atoms with Gasteiger partial charge in [-0.1, -0.05) is 0 Å². The van der Waals surface area contributed by atoms with Gasteiger partial charge in [-0.3, -0.25) is 0 Å². The van der Waals surface area contributed by atoms with Crippen LogP contribution in [0.2, 0.25) is 0 Å². The molecule has 2 rings (SSSR count). The average Bonchev–Trinajstić information content (AvgIpc) is 2.38. The van der Waals surface area contributed by atoms with Crippen LogP contribution in [0.5, 0.6) is 0 Å². The molecule has 58 valence electrons. The molecule has 4 heteroatoms. The van der Waals surface area contributed by atoms with Gasteiger partial charge in [0.25, 0.3) is 0 Å². The van der Waals surface area contributed by atoms with Crippen molar-refractivity contribution in [2.45, 2.75) is 13.8 Å². The SMILES string of the molecule is Cc1sc(C)c2sc(=[Se])sc12. The van der Waals surface area contributed by atoms with E-state index in [2.05, 4.69) is 29.4 Å². The molecule has 0 aliphatic heterocycles. The summed E-state index contributed by atoms with van der Waals surface area (Å²) in [5, 5.41) is 0. The molecule has 0 saturated heterocycles. The molecule has 0 aliphatic rings. The Kier molecular flexibility index (Phi) is 2.06. The molecule has 2 heterocycles. The van der Waals surface area contributed by atoms with Crippen molar-refractivity contribution in [2.75, 3.05) is 0 Å². The Morgan fingerprint density at radius 1 is 0.909 bits per heavy atom. The van der Waals surface area contributed by atoms with Gasteiger partial charge in [0, 0.05) is 0 Å². The van der Waals surface area contributed by atoms with Gasteiger partial charge in [0.1, 0.15) is 0 Å². The van der Waals surface area contributed by atoms with Crippen molar-refractivity contribution >= 4 is 59.0 Å². The fourth-order valence-electron chi connectivity index (χ4n) is 1.07. The summed E-state index contributed by atoms with van der Waals surface area (Å²) in [5.74, 6) is 0. The van der Waals surface area contributed by atoms with Crippen LogP contribution in [-0.4, -0.2) is 15.6 Å². The summed E-state index contributed by atoms with van der Waals surface area (Å²) >= 11 is 8.72. The van der Waals surface area contributed by atoms with Gasteiger partial charge in [0.05, 0.1) is 0 Å². The van der Waals surface area contributed by atoms with Crippen molar-refractivity contribution in [1.29, 1.82) is 0 Å². The van der Waals surface area contributed by atoms with Gasteiger partial charge in [-0.15, -0.1) is 0 Å². The van der Waals surface area contributed by atoms with E-state index in [0.29, 0.717) is 0 Å². The maximum atomic E-state index is 3.07. The van der Waals surface area contributed by atoms with Crippen molar-refractivity contribution in [3.8, 4) is 0 Å². The second-order valence-electron chi connectivity index (χ2n) is 2.33. The molecule has 0 spiro atoms. The van der Waals surface area contributed by atoms with E-state index in [1.54, 1.807) is 0 Å². The predicted molar refractivity (Wildman–Crippen MR) is 56.1 cm³/mol. The summed E-state index contributed by atoms with van der Waals surface area (Å²) in [6, 6.07) is 0. The van der Waals surface area contributed by atoms with Crippen LogP contribution in [0.25, 0.3) is 9.40 Å². The number of thiophene rings is 1. The van der Waals surface area contributed by atoms with Crippen LogP contribution in [-0.2, 0) is 0 Å². The zero-order valence-corrected chi connectivity index (χ0v) is 10.3. The van der Waals surface area contributed by atoms with Crippen LogP contribution in [0.15, 0.2) is 0 Å². The van der Waals surface area contributed by atoms with Crippen molar-refractivity contribution in [1.82, 2.24) is 0 Å². The number of fused-ring (bicyclic) bond motifs is 1. The van der Waals surface area contributed by atoms with Gasteiger partial charge in [0.15, 0.2) is 0 Å². The Morgan fingerprint density at radius 3 is 1.82 bits per heavy atom. The molecular weight excluding hydrogens is 259 g/mol. The molecule has 0 nitrogen and oxygen atoms in total. The Bertz CT molecular complexity index is 408. The topological polar surface area (TPSA) is 0 Å². The first-order valence-corrected chi connectivity index (χ1v) is 6.48. The monoisotopic (exact) mass is 266 g/mol. The minimum absolute atomic E-state index is 1.34. The Labute approximate surface area is 84.9 Å². The second kappa shape index (κ2) is 2.78. The molecule has 0 radical (unpaired) electrons. The molecule has 0 aromatic carbocycles. The number of hydrogen-bond donors (Lipinski definition) is 0. The summed E-state index contributed by atoms with van der Waals surface area (Å²) < 4.78 is 4.30. The van der Waals surface area contributed by atoms with E-state index in [1.807, 2.05) is 34.0 Å². The van der Waals surface area contributed by atoms with E-state index in [4.69, 9.17) is 0 Å². The van der Waals surface area contributed by atoms with Crippen LogP contribution in [0.1, 0.15) is 9.75 Å². The van der Waals surface area contributed by atoms with Crippen molar-refractivity contribution in [3.63, 3.8) is 0 Å². The van der Waals surface area contributed by atoms with Gasteiger partial charge in [-0.2, -0.15) is 0 Å². The molecule has 11 heavy (non-hydrogen) atoms. The van der Waals surface area contributed by atoms with Gasteiger partial charge in [-0.25, -0.2) is 0 Å². The van der Waals surface area contributed by atoms with Gasteiger partial charge >= 0.3 is 85.3 Å². The molecule has 0 N–H and O–H groups in total. The summed E-state index contributed by atoms with van der Waals surface area (Å²) in [5.41, 5.74) is 0. The van der Waals surface area contributed by atoms with Crippen LogP contribution < -0.4 is 0 Å². The zero-order valence-electron chi connectivity index (χ0n) is 6.13. The molecule has 2 aromatic heterocycles. The summed E-state index contributed by atoms with van der Waals surface area (Å²) in [6.07, 6.45) is 0. The Balaban J connectivity index is 3.03. The minimum atomic E-state index is 1.34. The summed E-state index contributed by atoms with van der Waals surface area (Å²) in [6.45, 7) is 4.39. The molecule has 0 aliphatic carbocycles. The van der Waals surface area contributed by atoms with Gasteiger partial charge in [-0.05, 0) is 0 Å². The predicted octanol–water partition coefficient (Wildman–Crippen LogP) is 3.34. The first-order valence-electron chi connectivity index (χ1n) is 3.18. The van der Waals surface area contributed by atoms with Crippen molar-refractivity contribution in [3.05, 3.63) is 12.4 Å². The van der Waals surface area contributed by atoms with Crippen LogP contribution in [0.4, 0.5) is 0 Å². The molecular formula is C7H6S3Se. The Morgan fingerprint density at radius 2 is 1.36 bits per heavy atom. The molecule has 0 unspecified atom stereocenters. The first kappa shape index (κ1) is 8.14. The third-order valence-electron chi connectivity index (χ3n) is 1.52. The molecule has 0 fully saturated rings. The van der Waals surface area contributed by atoms with E-state index in [0.717, 1.165) is 0 Å². The zero-order chi connectivity index (χ0) is 8.01. The maximum absolute atomic E-state index is 3.07. The average molecular weight is 265 g/mol. The summed E-state index contributed by atoms with van der Waals surface area (Å²) in [7, 11) is 0. The molecule has 0 saturated carbocycles. The standard InChI is InChI=1S/C7H6S3Se/c1-3-5-6(4(2)8-3)10-7(11)9-5/h1-2H3. The molecule has 0 bridgehead atoms. The van der Waals surface area contributed by atoms with E-state index in [9.17, 15) is 0 Å². The van der Waals surface area contributed by atoms with Gasteiger partial charge in [0.2, 0.25) is 0 Å². The van der Waals surface area contributed by atoms with E-state index >= 15 is 0 Å². The normalized spacial score (nSPS) is 11.1. The first-order chi connectivity index (χ1) is 5.18. The number of aryl methyl sites for hydroxylation is 2. The van der Waals surface area contributed by atoms with E-state index < -0.39 is 0 Å². The molecule has 0 atom stereocenters. The fraction of sp³-hybridized carbons (Fsp3) is 0.286. The summed E-state index contributed by atoms with van der Waals surface area (Å²) in [4.78, 5) is 2.92. The number of hydrogen-bond acceptors (Lipinski definition) is 3. The third-order valence-corrected chi connectivity index (χ3v) is 6.24. The van der Waals surface area contributed by atoms with Crippen LogP contribution in [0.3, 0.4) is 0 Å². The fourth-order valence-corrected chi connectivity index (χ4v) is 5.62. The third kappa shape index (κ3) is 1.27. The second-order valence-corrected chi connectivity index (χ2v) is 8.08. The van der Waals surface area contributed by atoms with Crippen molar-refractivity contribution in [2.24, 2.45) is 0 Å².